The molecule has 14 N–H and O–H groups in total. The fourth-order valence-corrected chi connectivity index (χ4v) is 0. The summed E-state index contributed by atoms with van der Waals surface area (Å²) < 4.78 is 0. The summed E-state index contributed by atoms with van der Waals surface area (Å²) in [5.74, 6) is 0. The average Bonchev–Trinajstić information content (AvgIpc) is 0. The van der Waals surface area contributed by atoms with E-state index in [2.05, 4.69) is 0 Å². The zero-order valence-electron chi connectivity index (χ0n) is 7.62. The van der Waals surface area contributed by atoms with Gasteiger partial charge in [0, 0.05) is 0 Å². The van der Waals surface area contributed by atoms with Gasteiger partial charge >= 0.3 is 123 Å². The van der Waals surface area contributed by atoms with Crippen LogP contribution in [-0.4, -0.2) is 161 Å². The van der Waals surface area contributed by atoms with Crippen molar-refractivity contribution in [3.05, 3.63) is 0 Å². The first kappa shape index (κ1) is 238. The Labute approximate surface area is 161 Å². The Bertz CT molecular complexity index is 27.7. The van der Waals surface area contributed by atoms with Gasteiger partial charge in [-0.2, -0.15) is 0 Å². The molecule has 0 aromatic rings. The maximum atomic E-state index is 0. The summed E-state index contributed by atoms with van der Waals surface area (Å²) in [6, 6.07) is 0. The normalized spacial score (nSPS) is 0. The minimum atomic E-state index is 0. The van der Waals surface area contributed by atoms with E-state index in [4.69, 9.17) is 0 Å². The van der Waals surface area contributed by atoms with Gasteiger partial charge in [0.2, 0.25) is 0 Å². The first-order valence-electron chi connectivity index (χ1n) is 0. The van der Waals surface area contributed by atoms with E-state index in [0.29, 0.717) is 0 Å². The monoisotopic (exact) mass is 632 g/mol. The van der Waals surface area contributed by atoms with Gasteiger partial charge in [0.05, 0.1) is 0 Å². The summed E-state index contributed by atoms with van der Waals surface area (Å²) in [5, 5.41) is 0. The van der Waals surface area contributed by atoms with E-state index in [1.165, 1.54) is 0 Å². The van der Waals surface area contributed by atoms with Gasteiger partial charge in [0.25, 0.3) is 0 Å². The predicted molar refractivity (Wildman–Crippen MR) is 70.2 cm³/mol. The van der Waals surface area contributed by atoms with Gasteiger partial charge < -0.3 is 41.2 Å². The molecule has 0 aliphatic heterocycles. The van der Waals surface area contributed by atoms with Crippen molar-refractivity contribution >= 4 is 123 Å². The molecule has 0 spiro atoms. The van der Waals surface area contributed by atoms with Crippen LogP contribution in [0.5, 0.6) is 0 Å². The molecule has 0 bridgehead atoms. The van der Waals surface area contributed by atoms with Crippen molar-refractivity contribution in [3.8, 4) is 0 Å². The molecule has 4 radical (unpaired) electrons. The zero-order chi connectivity index (χ0) is 0. The first-order chi connectivity index (χ1) is 0. The van der Waals surface area contributed by atoms with Gasteiger partial charge in [-0.05, 0) is 0 Å². The summed E-state index contributed by atoms with van der Waals surface area (Å²) in [6.45, 7) is 0. The fraction of sp³-hybridized carbons (Fsp3) is 0. The topological polar surface area (TPSA) is 220 Å². The molecule has 0 amide bonds. The second-order valence-corrected chi connectivity index (χ2v) is 0. The Morgan fingerprint density at radius 2 is 0.417 bits per heavy atom. The molecule has 0 heterocycles. The van der Waals surface area contributed by atoms with Crippen LogP contribution in [0.3, 0.4) is 0 Å². The summed E-state index contributed by atoms with van der Waals surface area (Å²) in [6.07, 6.45) is 0. The summed E-state index contributed by atoms with van der Waals surface area (Å²) in [4.78, 5) is 0. The molecule has 0 rings (SSSR count). The van der Waals surface area contributed by atoms with Crippen LogP contribution in [0.1, 0.15) is 2.85 Å². The van der Waals surface area contributed by atoms with Crippen molar-refractivity contribution in [1.82, 2.24) is 0 Å². The van der Waals surface area contributed by atoms with E-state index in [0.717, 1.165) is 0 Å². The van der Waals surface area contributed by atoms with Crippen molar-refractivity contribution in [2.75, 3.05) is 0 Å². The molecule has 0 unspecified atom stereocenters. The molecular weight excluding hydrogens is 603 g/mol. The van der Waals surface area contributed by atoms with E-state index in [9.17, 15) is 0 Å². The molecule has 0 aliphatic rings. The van der Waals surface area contributed by atoms with Crippen LogP contribution < -0.4 is 0 Å². The van der Waals surface area contributed by atoms with Crippen LogP contribution in [0, 0.1) is 0 Å². The van der Waals surface area contributed by atoms with Gasteiger partial charge in [0.15, 0.2) is 0 Å². The third-order valence-corrected chi connectivity index (χ3v) is 0. The third kappa shape index (κ3) is 155. The van der Waals surface area contributed by atoms with E-state index in [1.807, 2.05) is 0 Å². The Hall–Kier alpha value is 3.82. The van der Waals surface area contributed by atoms with Crippen molar-refractivity contribution < 1.29 is 41.2 Å². The van der Waals surface area contributed by atoms with E-state index >= 15 is 0 Å². The molecule has 84 valence electrons. The molecule has 7 nitrogen and oxygen atoms in total. The quantitative estimate of drug-likeness (QED) is 0.228. The number of hydrogen-bond donors (Lipinski definition) is 0. The third-order valence-electron chi connectivity index (χ3n) is 0. The van der Waals surface area contributed by atoms with E-state index in [1.54, 1.807) is 0 Å². The van der Waals surface area contributed by atoms with Crippen LogP contribution in [0.4, 0.5) is 0 Å². The molecule has 0 atom stereocenters. The maximum absolute atomic E-state index is 0. The molecule has 0 aromatic heterocycles. The molecule has 0 saturated heterocycles. The standard InChI is InChI=1S/2In.Mg.7H2O.2Sn.12H/h;;;7*1H2;;;;;;;;;;;;;;/q;;+2;;;;;;;;;;;;;;;;;;;;2*-1. The minimum absolute atomic E-state index is 0. The molecule has 0 aromatic carbocycles. The molecule has 12 heavy (non-hydrogen) atoms. The van der Waals surface area contributed by atoms with Gasteiger partial charge in [-0.15, -0.1) is 0 Å². The van der Waals surface area contributed by atoms with Gasteiger partial charge in [-0.3, -0.25) is 0 Å². The Kier molecular flexibility index (Phi) is 3840. The first-order valence-corrected chi connectivity index (χ1v) is 0. The summed E-state index contributed by atoms with van der Waals surface area (Å²) in [7, 11) is 0. The Balaban J connectivity index is 0. The predicted octanol–water partition coefficient (Wildman–Crippen LogP) is -10.1. The second-order valence-electron chi connectivity index (χ2n) is 0. The Morgan fingerprint density at radius 3 is 0.417 bits per heavy atom. The Morgan fingerprint density at radius 1 is 0.417 bits per heavy atom. The second kappa shape index (κ2) is 194. The van der Waals surface area contributed by atoms with Crippen LogP contribution in [0.15, 0.2) is 0 Å². The average molecular weight is 630 g/mol. The van der Waals surface area contributed by atoms with Crippen molar-refractivity contribution in [3.63, 3.8) is 0 Å². The molecular formula is H26In2MgO7Sn2. The van der Waals surface area contributed by atoms with Gasteiger partial charge in [-0.25, -0.2) is 0 Å². The molecule has 0 saturated carbocycles. The van der Waals surface area contributed by atoms with Crippen LogP contribution in [0.25, 0.3) is 0 Å². The number of rotatable bonds is 0. The van der Waals surface area contributed by atoms with Crippen LogP contribution in [0.2, 0.25) is 0 Å². The van der Waals surface area contributed by atoms with Crippen molar-refractivity contribution in [2.45, 2.75) is 0 Å². The van der Waals surface area contributed by atoms with Crippen molar-refractivity contribution in [1.29, 1.82) is 0 Å². The zero-order valence-corrected chi connectivity index (χ0v) is 15.1. The van der Waals surface area contributed by atoms with Gasteiger partial charge in [-0.1, -0.05) is 0 Å². The number of hydrogen-bond acceptors (Lipinski definition) is 0. The molecule has 0 aliphatic carbocycles. The van der Waals surface area contributed by atoms with Crippen LogP contribution in [-0.2, 0) is 0 Å². The summed E-state index contributed by atoms with van der Waals surface area (Å²) >= 11 is 0. The van der Waals surface area contributed by atoms with Crippen molar-refractivity contribution in [2.24, 2.45) is 0 Å². The van der Waals surface area contributed by atoms with Crippen LogP contribution >= 0.6 is 0 Å². The van der Waals surface area contributed by atoms with Gasteiger partial charge in [0.1, 0.15) is 0 Å². The molecule has 12 heteroatoms. The SMILES string of the molecule is O.O.O.O.O.O.O.[H-].[H-].[InH3].[InH3].[Mg+2].[SnH2].[SnH2]. The summed E-state index contributed by atoms with van der Waals surface area (Å²) in [5.41, 5.74) is 0. The molecule has 0 fully saturated rings. The fourth-order valence-electron chi connectivity index (χ4n) is 0. The van der Waals surface area contributed by atoms with E-state index in [-0.39, 0.29) is 164 Å². The van der Waals surface area contributed by atoms with E-state index < -0.39 is 0 Å².